The number of aryl methyl sites for hydroxylation is 2. The van der Waals surface area contributed by atoms with Crippen molar-refractivity contribution in [2.45, 2.75) is 18.7 Å². The van der Waals surface area contributed by atoms with E-state index in [1.54, 1.807) is 13.0 Å². The van der Waals surface area contributed by atoms with Gasteiger partial charge in [-0.05, 0) is 37.4 Å². The van der Waals surface area contributed by atoms with Crippen molar-refractivity contribution in [1.29, 1.82) is 0 Å². The summed E-state index contributed by atoms with van der Waals surface area (Å²) in [5, 5.41) is 16.8. The minimum Gasteiger partial charge on any atom is -0.478 e. The smallest absolute Gasteiger partial charge is 0.337 e. The summed E-state index contributed by atoms with van der Waals surface area (Å²) >= 11 is 6.81. The van der Waals surface area contributed by atoms with Crippen LogP contribution in [0.1, 0.15) is 31.3 Å². The molecule has 0 fully saturated rings. The third-order valence-corrected chi connectivity index (χ3v) is 6.66. The van der Waals surface area contributed by atoms with Crippen molar-refractivity contribution < 1.29 is 27.6 Å². The van der Waals surface area contributed by atoms with Crippen LogP contribution in [0.4, 0.5) is 11.6 Å². The summed E-state index contributed by atoms with van der Waals surface area (Å²) in [6, 6.07) is 5.71. The van der Waals surface area contributed by atoms with E-state index in [1.165, 1.54) is 30.5 Å². The van der Waals surface area contributed by atoms with Crippen LogP contribution < -0.4 is 10.0 Å². The Bertz CT molecular complexity index is 1220. The van der Waals surface area contributed by atoms with Crippen molar-refractivity contribution in [3.63, 3.8) is 0 Å². The number of thiophene rings is 1. The highest BCUT2D eigenvalue weighted by molar-refractivity contribution is 7.93. The van der Waals surface area contributed by atoms with Gasteiger partial charge in [0.1, 0.15) is 20.5 Å². The molecule has 0 saturated carbocycles. The molecule has 29 heavy (non-hydrogen) atoms. The second-order valence-corrected chi connectivity index (χ2v) is 8.88. The first-order chi connectivity index (χ1) is 13.6. The Balaban J connectivity index is 1.91. The zero-order valence-electron chi connectivity index (χ0n) is 15.0. The number of aromatic carboxylic acids is 1. The number of carboxylic acids is 1. The number of benzene rings is 1. The molecule has 2 heterocycles. The van der Waals surface area contributed by atoms with Gasteiger partial charge in [-0.3, -0.25) is 4.79 Å². The first-order valence-corrected chi connectivity index (χ1v) is 10.7. The molecule has 12 heteroatoms. The highest BCUT2D eigenvalue weighted by Crippen LogP contribution is 2.30. The fourth-order valence-electron chi connectivity index (χ4n) is 2.40. The first kappa shape index (κ1) is 20.8. The minimum absolute atomic E-state index is 0.000520. The maximum atomic E-state index is 12.7. The molecule has 152 valence electrons. The number of rotatable bonds is 6. The lowest BCUT2D eigenvalue weighted by atomic mass is 10.1. The molecular formula is C17H14ClN3O6S2. The van der Waals surface area contributed by atoms with Crippen molar-refractivity contribution in [3.05, 3.63) is 56.4 Å². The van der Waals surface area contributed by atoms with E-state index in [-0.39, 0.29) is 31.9 Å². The molecule has 0 bridgehead atoms. The Morgan fingerprint density at radius 3 is 2.59 bits per heavy atom. The number of hydrogen-bond donors (Lipinski definition) is 3. The molecule has 9 nitrogen and oxygen atoms in total. The average molecular weight is 456 g/mol. The van der Waals surface area contributed by atoms with Crippen LogP contribution in [-0.2, 0) is 10.0 Å². The van der Waals surface area contributed by atoms with Gasteiger partial charge in [0.25, 0.3) is 21.8 Å². The fourth-order valence-corrected chi connectivity index (χ4v) is 4.89. The number of carbonyl (C=O) groups excluding carboxylic acids is 1. The van der Waals surface area contributed by atoms with E-state index in [0.29, 0.717) is 11.3 Å². The minimum atomic E-state index is -4.22. The van der Waals surface area contributed by atoms with Crippen LogP contribution in [0.2, 0.25) is 5.02 Å². The van der Waals surface area contributed by atoms with Crippen LogP contribution in [0.3, 0.4) is 0 Å². The van der Waals surface area contributed by atoms with E-state index in [0.717, 1.165) is 11.3 Å². The SMILES string of the molecule is Cc1ccc(NC(=O)c2sccc2S(=O)(=O)Nc2onc(C)c2Cl)c(C(=O)O)c1. The monoisotopic (exact) mass is 455 g/mol. The summed E-state index contributed by atoms with van der Waals surface area (Å²) in [5.74, 6) is -2.26. The number of nitrogens with zero attached hydrogens (tertiary/aromatic N) is 1. The highest BCUT2D eigenvalue weighted by Gasteiger charge is 2.27. The van der Waals surface area contributed by atoms with Crippen molar-refractivity contribution in [3.8, 4) is 0 Å². The molecule has 1 aromatic carbocycles. The number of aromatic nitrogens is 1. The van der Waals surface area contributed by atoms with Crippen molar-refractivity contribution in [2.75, 3.05) is 10.0 Å². The normalized spacial score (nSPS) is 11.3. The van der Waals surface area contributed by atoms with Crippen LogP contribution in [0.15, 0.2) is 39.1 Å². The summed E-state index contributed by atoms with van der Waals surface area (Å²) in [5.41, 5.74) is 0.935. The zero-order valence-corrected chi connectivity index (χ0v) is 17.4. The standard InChI is InChI=1S/C17H14ClN3O6S2/c1-8-3-4-11(10(7-8)17(23)24)19-15(22)14-12(5-6-28-14)29(25,26)21-16-13(18)9(2)20-27-16/h3-7,21H,1-2H3,(H,19,22)(H,23,24). The number of nitrogens with one attached hydrogen (secondary N) is 2. The highest BCUT2D eigenvalue weighted by atomic mass is 35.5. The number of hydrogen-bond acceptors (Lipinski definition) is 7. The number of carbonyl (C=O) groups is 2. The molecule has 1 amide bonds. The lowest BCUT2D eigenvalue weighted by molar-refractivity contribution is 0.0698. The molecule has 0 radical (unpaired) electrons. The zero-order chi connectivity index (χ0) is 21.3. The average Bonchev–Trinajstić information content (AvgIpc) is 3.26. The number of halogens is 1. The summed E-state index contributed by atoms with van der Waals surface area (Å²) in [6.45, 7) is 3.25. The molecule has 0 aliphatic heterocycles. The number of sulfonamides is 1. The largest absolute Gasteiger partial charge is 0.478 e. The van der Waals surface area contributed by atoms with Gasteiger partial charge in [0.05, 0.1) is 11.3 Å². The summed E-state index contributed by atoms with van der Waals surface area (Å²) in [6.07, 6.45) is 0. The maximum Gasteiger partial charge on any atom is 0.337 e. The van der Waals surface area contributed by atoms with E-state index >= 15 is 0 Å². The summed E-state index contributed by atoms with van der Waals surface area (Å²) < 4.78 is 32.4. The molecule has 0 aliphatic rings. The van der Waals surface area contributed by atoms with Crippen LogP contribution >= 0.6 is 22.9 Å². The van der Waals surface area contributed by atoms with E-state index < -0.39 is 21.9 Å². The quantitative estimate of drug-likeness (QED) is 0.514. The molecule has 2 aromatic heterocycles. The third kappa shape index (κ3) is 4.26. The topological polar surface area (TPSA) is 139 Å². The Morgan fingerprint density at radius 1 is 1.24 bits per heavy atom. The second-order valence-electron chi connectivity index (χ2n) is 5.94. The van der Waals surface area contributed by atoms with Crippen molar-refractivity contribution in [1.82, 2.24) is 5.16 Å². The molecular weight excluding hydrogens is 442 g/mol. The number of anilines is 2. The van der Waals surface area contributed by atoms with E-state index in [4.69, 9.17) is 16.1 Å². The van der Waals surface area contributed by atoms with Crippen molar-refractivity contribution >= 4 is 56.4 Å². The van der Waals surface area contributed by atoms with E-state index in [2.05, 4.69) is 15.2 Å². The van der Waals surface area contributed by atoms with Crippen LogP contribution in [-0.4, -0.2) is 30.6 Å². The number of carboxylic acid groups (broad SMARTS) is 1. The Kier molecular flexibility index (Phi) is 5.64. The Morgan fingerprint density at radius 2 is 1.97 bits per heavy atom. The van der Waals surface area contributed by atoms with Gasteiger partial charge in [0.2, 0.25) is 0 Å². The van der Waals surface area contributed by atoms with Crippen LogP contribution in [0.5, 0.6) is 0 Å². The molecule has 0 unspecified atom stereocenters. The van der Waals surface area contributed by atoms with Crippen molar-refractivity contribution in [2.24, 2.45) is 0 Å². The Hall–Kier alpha value is -2.89. The molecule has 0 aliphatic carbocycles. The molecule has 0 saturated heterocycles. The lowest BCUT2D eigenvalue weighted by Gasteiger charge is -2.10. The lowest BCUT2D eigenvalue weighted by Crippen LogP contribution is -2.19. The van der Waals surface area contributed by atoms with Crippen LogP contribution in [0.25, 0.3) is 0 Å². The van der Waals surface area contributed by atoms with Crippen LogP contribution in [0, 0.1) is 13.8 Å². The summed E-state index contributed by atoms with van der Waals surface area (Å²) in [4.78, 5) is 23.7. The van der Waals surface area contributed by atoms with Gasteiger partial charge < -0.3 is 14.9 Å². The second kappa shape index (κ2) is 7.85. The van der Waals surface area contributed by atoms with Gasteiger partial charge in [-0.25, -0.2) is 17.9 Å². The third-order valence-electron chi connectivity index (χ3n) is 3.80. The summed E-state index contributed by atoms with van der Waals surface area (Å²) in [7, 11) is -4.22. The van der Waals surface area contributed by atoms with E-state index in [9.17, 15) is 23.1 Å². The van der Waals surface area contributed by atoms with Gasteiger partial charge >= 0.3 is 5.97 Å². The number of amides is 1. The van der Waals surface area contributed by atoms with Gasteiger partial charge in [-0.15, -0.1) is 11.3 Å². The maximum absolute atomic E-state index is 12.7. The molecule has 0 atom stereocenters. The first-order valence-electron chi connectivity index (χ1n) is 7.97. The predicted molar refractivity (Wildman–Crippen MR) is 107 cm³/mol. The molecule has 3 aromatic rings. The van der Waals surface area contributed by atoms with Gasteiger partial charge in [-0.1, -0.05) is 28.4 Å². The molecule has 3 N–H and O–H groups in total. The fraction of sp³-hybridized carbons (Fsp3) is 0.118. The van der Waals surface area contributed by atoms with Gasteiger partial charge in [0, 0.05) is 0 Å². The van der Waals surface area contributed by atoms with E-state index in [1.807, 2.05) is 0 Å². The van der Waals surface area contributed by atoms with Gasteiger partial charge in [0.15, 0.2) is 0 Å². The Labute approximate surface area is 174 Å². The van der Waals surface area contributed by atoms with Gasteiger partial charge in [-0.2, -0.15) is 0 Å². The molecule has 0 spiro atoms. The molecule has 3 rings (SSSR count). The predicted octanol–water partition coefficient (Wildman–Crippen LogP) is 3.76.